The number of para-hydroxylation sites is 1. The molecule has 0 aliphatic carbocycles. The molecule has 0 radical (unpaired) electrons. The molecule has 150 valence electrons. The summed E-state index contributed by atoms with van der Waals surface area (Å²) in [5.74, 6) is 1.66. The molecule has 1 N–H and O–H groups in total. The van der Waals surface area contributed by atoms with Gasteiger partial charge < -0.3 is 5.32 Å². The van der Waals surface area contributed by atoms with Crippen LogP contribution in [0.1, 0.15) is 56.5 Å². The highest BCUT2D eigenvalue weighted by molar-refractivity contribution is 6.35. The molecule has 2 aliphatic rings. The zero-order chi connectivity index (χ0) is 20.3. The summed E-state index contributed by atoms with van der Waals surface area (Å²) in [4.78, 5) is 17.5. The van der Waals surface area contributed by atoms with Crippen molar-refractivity contribution in [2.24, 2.45) is 5.92 Å². The molecule has 1 atom stereocenters. The molecule has 1 unspecified atom stereocenters. The number of rotatable bonds is 2. The summed E-state index contributed by atoms with van der Waals surface area (Å²) in [5, 5.41) is 4.61. The van der Waals surface area contributed by atoms with Crippen molar-refractivity contribution in [3.05, 3.63) is 68.7 Å². The van der Waals surface area contributed by atoms with E-state index in [0.717, 1.165) is 43.0 Å². The van der Waals surface area contributed by atoms with E-state index < -0.39 is 0 Å². The molecule has 0 saturated carbocycles. The van der Waals surface area contributed by atoms with Gasteiger partial charge in [-0.1, -0.05) is 43.6 Å². The van der Waals surface area contributed by atoms with Gasteiger partial charge in [-0.05, 0) is 74.0 Å². The molecule has 0 amide bonds. The quantitative estimate of drug-likeness (QED) is 0.664. The van der Waals surface area contributed by atoms with E-state index in [0.29, 0.717) is 16.3 Å². The molecule has 2 aliphatic heterocycles. The van der Waals surface area contributed by atoms with Gasteiger partial charge in [0.15, 0.2) is 0 Å². The number of aromatic nitrogens is 2. The summed E-state index contributed by atoms with van der Waals surface area (Å²) in [6, 6.07) is 12.3. The minimum atomic E-state index is -0.342. The highest BCUT2D eigenvalue weighted by Gasteiger charge is 2.45. The van der Waals surface area contributed by atoms with Crippen molar-refractivity contribution in [1.29, 1.82) is 0 Å². The topological polar surface area (TPSA) is 46.9 Å². The predicted octanol–water partition coefficient (Wildman–Crippen LogP) is 4.78. The van der Waals surface area contributed by atoms with Crippen LogP contribution in [0.15, 0.2) is 41.2 Å². The normalized spacial score (nSPS) is 21.6. The molecule has 29 heavy (non-hydrogen) atoms. The van der Waals surface area contributed by atoms with Crippen LogP contribution in [0.25, 0.3) is 16.6 Å². The van der Waals surface area contributed by atoms with Crippen LogP contribution in [0, 0.1) is 5.92 Å². The van der Waals surface area contributed by atoms with Gasteiger partial charge in [0.2, 0.25) is 0 Å². The van der Waals surface area contributed by atoms with E-state index in [-0.39, 0.29) is 16.9 Å². The van der Waals surface area contributed by atoms with Gasteiger partial charge >= 0.3 is 0 Å². The first kappa shape index (κ1) is 18.8. The van der Waals surface area contributed by atoms with Crippen LogP contribution in [0.5, 0.6) is 0 Å². The van der Waals surface area contributed by atoms with Gasteiger partial charge in [-0.3, -0.25) is 9.36 Å². The van der Waals surface area contributed by atoms with Crippen LogP contribution in [-0.4, -0.2) is 22.6 Å². The first-order valence-corrected chi connectivity index (χ1v) is 10.9. The molecule has 3 heterocycles. The third kappa shape index (κ3) is 2.62. The number of hydrogen-bond acceptors (Lipinski definition) is 3. The van der Waals surface area contributed by atoms with Crippen molar-refractivity contribution < 1.29 is 0 Å². The smallest absolute Gasteiger partial charge is 0.280 e. The minimum Gasteiger partial charge on any atom is -0.317 e. The third-order valence-electron chi connectivity index (χ3n) is 7.11. The largest absolute Gasteiger partial charge is 0.317 e. The number of halogens is 1. The monoisotopic (exact) mass is 407 g/mol. The first-order valence-electron chi connectivity index (χ1n) is 10.5. The number of piperidine rings is 1. The Morgan fingerprint density at radius 2 is 1.97 bits per heavy atom. The summed E-state index contributed by atoms with van der Waals surface area (Å²) in [7, 11) is 0. The Balaban J connectivity index is 1.83. The second kappa shape index (κ2) is 6.68. The zero-order valence-electron chi connectivity index (χ0n) is 17.1. The fourth-order valence-electron chi connectivity index (χ4n) is 5.07. The molecule has 1 aromatic heterocycles. The molecule has 1 fully saturated rings. The minimum absolute atomic E-state index is 0.202. The van der Waals surface area contributed by atoms with E-state index in [4.69, 9.17) is 11.6 Å². The van der Waals surface area contributed by atoms with Crippen molar-refractivity contribution in [1.82, 2.24) is 14.9 Å². The molecule has 1 saturated heterocycles. The van der Waals surface area contributed by atoms with Gasteiger partial charge in [0.25, 0.3) is 5.56 Å². The van der Waals surface area contributed by atoms with E-state index in [1.807, 2.05) is 18.2 Å². The lowest BCUT2D eigenvalue weighted by molar-refractivity contribution is 0.393. The van der Waals surface area contributed by atoms with Crippen LogP contribution < -0.4 is 10.9 Å². The Kier molecular flexibility index (Phi) is 4.34. The second-order valence-electron chi connectivity index (χ2n) is 8.87. The number of fused-ring (bicyclic) bond motifs is 5. The number of nitrogens with zero attached hydrogens (tertiary/aromatic N) is 2. The molecule has 0 bridgehead atoms. The van der Waals surface area contributed by atoms with Crippen molar-refractivity contribution in [2.45, 2.75) is 44.9 Å². The van der Waals surface area contributed by atoms with Gasteiger partial charge in [0.05, 0.1) is 27.0 Å². The van der Waals surface area contributed by atoms with Crippen molar-refractivity contribution in [3.63, 3.8) is 0 Å². The van der Waals surface area contributed by atoms with E-state index in [9.17, 15) is 4.79 Å². The summed E-state index contributed by atoms with van der Waals surface area (Å²) >= 11 is 6.61. The van der Waals surface area contributed by atoms with E-state index in [2.05, 4.69) is 53.8 Å². The number of hydrogen-bond donors (Lipinski definition) is 1. The molecule has 4 nitrogen and oxygen atoms in total. The summed E-state index contributed by atoms with van der Waals surface area (Å²) in [6.45, 7) is 8.77. The van der Waals surface area contributed by atoms with Crippen LogP contribution >= 0.6 is 11.6 Å². The van der Waals surface area contributed by atoms with Crippen LogP contribution in [0.3, 0.4) is 0 Å². The maximum absolute atomic E-state index is 12.9. The lowest BCUT2D eigenvalue weighted by Gasteiger charge is -2.30. The summed E-state index contributed by atoms with van der Waals surface area (Å²) < 4.78 is 2.13. The predicted molar refractivity (Wildman–Crippen MR) is 118 cm³/mol. The van der Waals surface area contributed by atoms with Gasteiger partial charge in [0, 0.05) is 0 Å². The lowest BCUT2D eigenvalue weighted by Crippen LogP contribution is -2.32. The van der Waals surface area contributed by atoms with Crippen LogP contribution in [0.2, 0.25) is 5.02 Å². The molecule has 2 aromatic carbocycles. The highest BCUT2D eigenvalue weighted by Crippen LogP contribution is 2.49. The Labute approximate surface area is 175 Å². The molecule has 0 spiro atoms. The third-order valence-corrected chi connectivity index (χ3v) is 7.42. The molecule has 3 aromatic rings. The molecule has 5 heteroatoms. The second-order valence-corrected chi connectivity index (χ2v) is 9.28. The fourth-order valence-corrected chi connectivity index (χ4v) is 5.33. The number of benzene rings is 2. The maximum Gasteiger partial charge on any atom is 0.280 e. The van der Waals surface area contributed by atoms with Crippen LogP contribution in [-0.2, 0) is 5.41 Å². The first-order chi connectivity index (χ1) is 13.9. The van der Waals surface area contributed by atoms with Gasteiger partial charge in [-0.2, -0.15) is 4.98 Å². The SMILES string of the molecule is CC(C)C1(C)c2cc(C3CCNCC3)ccc2-n2c1nc(=O)c1cccc(Cl)c12. The molecule has 5 rings (SSSR count). The average Bonchev–Trinajstić information content (AvgIpc) is 2.98. The Hall–Kier alpha value is -2.17. The standard InChI is InChI=1S/C24H26ClN3O/c1-14(2)24(3)18-13-16(15-9-11-26-12-10-15)7-8-20(18)28-21-17(5-4-6-19(21)25)22(29)27-23(24)28/h4-8,13-15,26H,9-12H2,1-3H3. The highest BCUT2D eigenvalue weighted by atomic mass is 35.5. The van der Waals surface area contributed by atoms with Gasteiger partial charge in [-0.25, -0.2) is 0 Å². The van der Waals surface area contributed by atoms with E-state index >= 15 is 0 Å². The van der Waals surface area contributed by atoms with Gasteiger partial charge in [-0.15, -0.1) is 0 Å². The van der Waals surface area contributed by atoms with E-state index in [1.54, 1.807) is 0 Å². The maximum atomic E-state index is 12.9. The Bertz CT molecular complexity index is 1180. The number of nitrogens with one attached hydrogen (secondary N) is 1. The van der Waals surface area contributed by atoms with Crippen molar-refractivity contribution in [2.75, 3.05) is 13.1 Å². The zero-order valence-corrected chi connectivity index (χ0v) is 17.9. The van der Waals surface area contributed by atoms with Gasteiger partial charge in [0.1, 0.15) is 5.82 Å². The van der Waals surface area contributed by atoms with Crippen molar-refractivity contribution in [3.8, 4) is 5.69 Å². The lowest BCUT2D eigenvalue weighted by atomic mass is 9.73. The summed E-state index contributed by atoms with van der Waals surface area (Å²) in [6.07, 6.45) is 2.32. The Morgan fingerprint density at radius 1 is 1.21 bits per heavy atom. The molecular weight excluding hydrogens is 382 g/mol. The van der Waals surface area contributed by atoms with E-state index in [1.165, 1.54) is 11.1 Å². The average molecular weight is 408 g/mol. The molecular formula is C24H26ClN3O. The Morgan fingerprint density at radius 3 is 2.69 bits per heavy atom. The fraction of sp³-hybridized carbons (Fsp3) is 0.417. The summed E-state index contributed by atoms with van der Waals surface area (Å²) in [5.41, 5.74) is 3.96. The van der Waals surface area contributed by atoms with Crippen LogP contribution in [0.4, 0.5) is 0 Å². The van der Waals surface area contributed by atoms with Crippen molar-refractivity contribution >= 4 is 22.5 Å².